The maximum Gasteiger partial charge on any atom is 0.226 e. The lowest BCUT2D eigenvalue weighted by Gasteiger charge is -2.27. The Morgan fingerprint density at radius 3 is 2.87 bits per heavy atom. The highest BCUT2D eigenvalue weighted by Gasteiger charge is 2.23. The van der Waals surface area contributed by atoms with Gasteiger partial charge in [-0.05, 0) is 38.0 Å². The third kappa shape index (κ3) is 3.21. The van der Waals surface area contributed by atoms with Gasteiger partial charge < -0.3 is 14.2 Å². The number of carbonyl (C=O) groups is 1. The van der Waals surface area contributed by atoms with Crippen molar-refractivity contribution in [1.82, 2.24) is 19.7 Å². The zero-order valence-corrected chi connectivity index (χ0v) is 13.9. The molecule has 0 radical (unpaired) electrons. The second-order valence-corrected chi connectivity index (χ2v) is 5.93. The summed E-state index contributed by atoms with van der Waals surface area (Å²) in [6.45, 7) is 8.41. The van der Waals surface area contributed by atoms with Gasteiger partial charge in [0.05, 0.1) is 19.6 Å². The molecule has 1 amide bonds. The van der Waals surface area contributed by atoms with E-state index in [2.05, 4.69) is 27.8 Å². The third-order valence-electron chi connectivity index (χ3n) is 4.42. The molecule has 1 aliphatic rings. The van der Waals surface area contributed by atoms with Crippen molar-refractivity contribution >= 4 is 5.91 Å². The summed E-state index contributed by atoms with van der Waals surface area (Å²) in [4.78, 5) is 14.2. The predicted molar refractivity (Wildman–Crippen MR) is 86.2 cm³/mol. The number of hydrogen-bond acceptors (Lipinski definition) is 4. The van der Waals surface area contributed by atoms with Crippen LogP contribution in [0, 0.1) is 20.8 Å². The molecule has 1 aromatic heterocycles. The fourth-order valence-electron chi connectivity index (χ4n) is 2.80. The van der Waals surface area contributed by atoms with Crippen LogP contribution in [-0.2, 0) is 17.9 Å². The van der Waals surface area contributed by atoms with Gasteiger partial charge in [-0.3, -0.25) is 4.79 Å². The lowest BCUT2D eigenvalue weighted by Crippen LogP contribution is -2.39. The van der Waals surface area contributed by atoms with Gasteiger partial charge in [0.25, 0.3) is 0 Å². The Kier molecular flexibility index (Phi) is 4.32. The highest BCUT2D eigenvalue weighted by atomic mass is 16.5. The molecule has 122 valence electrons. The van der Waals surface area contributed by atoms with Crippen molar-refractivity contribution in [3.63, 3.8) is 0 Å². The minimum absolute atomic E-state index is 0.0993. The Morgan fingerprint density at radius 2 is 2.04 bits per heavy atom. The number of aromatic nitrogens is 3. The van der Waals surface area contributed by atoms with Crippen LogP contribution in [0.15, 0.2) is 18.2 Å². The zero-order valence-electron chi connectivity index (χ0n) is 13.9. The molecular formula is C17H22N4O2. The number of hydrogen-bond donors (Lipinski definition) is 0. The Labute approximate surface area is 136 Å². The van der Waals surface area contributed by atoms with Gasteiger partial charge >= 0.3 is 0 Å². The van der Waals surface area contributed by atoms with Crippen LogP contribution in [0.4, 0.5) is 0 Å². The van der Waals surface area contributed by atoms with Gasteiger partial charge in [0.15, 0.2) is 5.82 Å². The maximum absolute atomic E-state index is 12.3. The standard InChI is InChI=1S/C17H22N4O2/c1-12-5-4-6-15(13(12)2)23-10-7-17(22)20-8-9-21-14(3)18-19-16(21)11-20/h4-6H,7-11H2,1-3H3. The van der Waals surface area contributed by atoms with Crippen molar-refractivity contribution in [1.29, 1.82) is 0 Å². The van der Waals surface area contributed by atoms with E-state index in [9.17, 15) is 4.79 Å². The molecule has 0 N–H and O–H groups in total. The van der Waals surface area contributed by atoms with E-state index in [0.717, 1.165) is 29.5 Å². The number of aryl methyl sites for hydroxylation is 2. The molecule has 0 spiro atoms. The number of carbonyl (C=O) groups excluding carboxylic acids is 1. The molecule has 0 bridgehead atoms. The molecular weight excluding hydrogens is 292 g/mol. The van der Waals surface area contributed by atoms with Crippen LogP contribution < -0.4 is 4.74 Å². The fourth-order valence-corrected chi connectivity index (χ4v) is 2.80. The first-order valence-corrected chi connectivity index (χ1v) is 7.91. The Bertz CT molecular complexity index is 723. The van der Waals surface area contributed by atoms with E-state index in [1.54, 1.807) is 0 Å². The summed E-state index contributed by atoms with van der Waals surface area (Å²) >= 11 is 0. The molecule has 2 aromatic rings. The SMILES string of the molecule is Cc1cccc(OCCC(=O)N2CCn3c(C)nnc3C2)c1C. The lowest BCUT2D eigenvalue weighted by atomic mass is 10.1. The molecule has 23 heavy (non-hydrogen) atoms. The van der Waals surface area contributed by atoms with Gasteiger partial charge in [0.1, 0.15) is 11.6 Å². The number of rotatable bonds is 4. The molecule has 0 fully saturated rings. The molecule has 6 heteroatoms. The summed E-state index contributed by atoms with van der Waals surface area (Å²) < 4.78 is 7.84. The van der Waals surface area contributed by atoms with Gasteiger partial charge in [0, 0.05) is 13.1 Å². The number of amides is 1. The predicted octanol–water partition coefficient (Wildman–Crippen LogP) is 2.01. The first-order chi connectivity index (χ1) is 11.1. The molecule has 0 unspecified atom stereocenters. The van der Waals surface area contributed by atoms with E-state index in [1.807, 2.05) is 30.9 Å². The van der Waals surface area contributed by atoms with E-state index in [4.69, 9.17) is 4.74 Å². The highest BCUT2D eigenvalue weighted by Crippen LogP contribution is 2.21. The van der Waals surface area contributed by atoms with E-state index in [1.165, 1.54) is 5.56 Å². The summed E-state index contributed by atoms with van der Waals surface area (Å²) in [7, 11) is 0. The second-order valence-electron chi connectivity index (χ2n) is 5.93. The fraction of sp³-hybridized carbons (Fsp3) is 0.471. The van der Waals surface area contributed by atoms with Gasteiger partial charge in [-0.15, -0.1) is 10.2 Å². The number of benzene rings is 1. The third-order valence-corrected chi connectivity index (χ3v) is 4.42. The molecule has 1 aliphatic heterocycles. The van der Waals surface area contributed by atoms with Gasteiger partial charge in [-0.1, -0.05) is 12.1 Å². The molecule has 3 rings (SSSR count). The van der Waals surface area contributed by atoms with Crippen molar-refractivity contribution < 1.29 is 9.53 Å². The summed E-state index contributed by atoms with van der Waals surface area (Å²) in [5.41, 5.74) is 2.32. The van der Waals surface area contributed by atoms with E-state index >= 15 is 0 Å². The van der Waals surface area contributed by atoms with Crippen molar-refractivity contribution in [2.45, 2.75) is 40.3 Å². The van der Waals surface area contributed by atoms with E-state index in [-0.39, 0.29) is 5.91 Å². The summed E-state index contributed by atoms with van der Waals surface area (Å²) in [5.74, 6) is 2.72. The zero-order chi connectivity index (χ0) is 16.4. The van der Waals surface area contributed by atoms with Gasteiger partial charge in [-0.2, -0.15) is 0 Å². The Hall–Kier alpha value is -2.37. The largest absolute Gasteiger partial charge is 0.493 e. The monoisotopic (exact) mass is 314 g/mol. The van der Waals surface area contributed by atoms with Crippen LogP contribution in [0.25, 0.3) is 0 Å². The molecule has 0 aliphatic carbocycles. The topological polar surface area (TPSA) is 60.2 Å². The smallest absolute Gasteiger partial charge is 0.226 e. The quantitative estimate of drug-likeness (QED) is 0.866. The van der Waals surface area contributed by atoms with Crippen LogP contribution in [0.5, 0.6) is 5.75 Å². The van der Waals surface area contributed by atoms with Gasteiger partial charge in [-0.25, -0.2) is 0 Å². The van der Waals surface area contributed by atoms with Crippen LogP contribution in [0.3, 0.4) is 0 Å². The van der Waals surface area contributed by atoms with E-state index in [0.29, 0.717) is 26.1 Å². The summed E-state index contributed by atoms with van der Waals surface area (Å²) in [6, 6.07) is 5.97. The summed E-state index contributed by atoms with van der Waals surface area (Å²) in [6.07, 6.45) is 0.375. The first kappa shape index (κ1) is 15.5. The average Bonchev–Trinajstić information content (AvgIpc) is 2.92. The van der Waals surface area contributed by atoms with Crippen molar-refractivity contribution in [3.05, 3.63) is 41.0 Å². The van der Waals surface area contributed by atoms with E-state index < -0.39 is 0 Å². The first-order valence-electron chi connectivity index (χ1n) is 7.91. The molecule has 2 heterocycles. The van der Waals surface area contributed by atoms with Crippen molar-refractivity contribution in [2.24, 2.45) is 0 Å². The average molecular weight is 314 g/mol. The normalized spacial score (nSPS) is 13.8. The number of ether oxygens (including phenoxy) is 1. The molecule has 1 aromatic carbocycles. The number of fused-ring (bicyclic) bond motifs is 1. The molecule has 0 atom stereocenters. The van der Waals surface area contributed by atoms with Crippen LogP contribution in [0.1, 0.15) is 29.2 Å². The van der Waals surface area contributed by atoms with Crippen molar-refractivity contribution in [3.8, 4) is 5.75 Å². The molecule has 6 nitrogen and oxygen atoms in total. The maximum atomic E-state index is 12.3. The molecule has 0 saturated heterocycles. The van der Waals surface area contributed by atoms with Crippen LogP contribution >= 0.6 is 0 Å². The highest BCUT2D eigenvalue weighted by molar-refractivity contribution is 5.76. The van der Waals surface area contributed by atoms with Crippen molar-refractivity contribution in [2.75, 3.05) is 13.2 Å². The Balaban J connectivity index is 1.53. The minimum atomic E-state index is 0.0993. The lowest BCUT2D eigenvalue weighted by molar-refractivity contribution is -0.133. The van der Waals surface area contributed by atoms with Crippen LogP contribution in [-0.4, -0.2) is 38.7 Å². The van der Waals surface area contributed by atoms with Gasteiger partial charge in [0.2, 0.25) is 5.91 Å². The molecule has 0 saturated carbocycles. The summed E-state index contributed by atoms with van der Waals surface area (Å²) in [5, 5.41) is 8.19. The van der Waals surface area contributed by atoms with Crippen LogP contribution in [0.2, 0.25) is 0 Å². The Morgan fingerprint density at radius 1 is 1.22 bits per heavy atom. The second kappa shape index (κ2) is 6.40. The minimum Gasteiger partial charge on any atom is -0.493 e. The number of nitrogens with zero attached hydrogens (tertiary/aromatic N) is 4.